The highest BCUT2D eigenvalue weighted by atomic mass is 127. The first-order valence-electron chi connectivity index (χ1n) is 10.3. The van der Waals surface area contributed by atoms with Crippen LogP contribution in [0.5, 0.6) is 0 Å². The maximum Gasteiger partial charge on any atom is 0.191 e. The number of halogens is 1. The zero-order chi connectivity index (χ0) is 19.3. The number of hydrogen-bond donors (Lipinski definition) is 2. The number of aliphatic imine (C=N–C) groups is 1. The lowest BCUT2D eigenvalue weighted by Crippen LogP contribution is -2.44. The Hall–Kier alpha value is -0.790. The Morgan fingerprint density at radius 3 is 2.44 bits per heavy atom. The molecule has 6 heteroatoms. The Morgan fingerprint density at radius 1 is 1.30 bits per heavy atom. The van der Waals surface area contributed by atoms with Gasteiger partial charge in [0.1, 0.15) is 0 Å². The summed E-state index contributed by atoms with van der Waals surface area (Å²) in [6.07, 6.45) is 6.46. The van der Waals surface area contributed by atoms with Crippen molar-refractivity contribution in [3.8, 4) is 0 Å². The van der Waals surface area contributed by atoms with Gasteiger partial charge in [-0.3, -0.25) is 9.67 Å². The van der Waals surface area contributed by atoms with Crippen LogP contribution in [0.4, 0.5) is 0 Å². The molecule has 156 valence electrons. The molecule has 0 saturated heterocycles. The molecule has 0 radical (unpaired) electrons. The van der Waals surface area contributed by atoms with Gasteiger partial charge in [0.05, 0.1) is 5.69 Å². The minimum absolute atomic E-state index is 0. The molecule has 1 atom stereocenters. The molecule has 27 heavy (non-hydrogen) atoms. The van der Waals surface area contributed by atoms with E-state index in [1.807, 2.05) is 11.7 Å². The lowest BCUT2D eigenvalue weighted by Gasteiger charge is -2.30. The van der Waals surface area contributed by atoms with E-state index in [1.165, 1.54) is 36.9 Å². The molecule has 1 unspecified atom stereocenters. The van der Waals surface area contributed by atoms with E-state index in [0.29, 0.717) is 6.04 Å². The summed E-state index contributed by atoms with van der Waals surface area (Å²) in [6, 6.07) is 0.309. The predicted octanol–water partition coefficient (Wildman–Crippen LogP) is 4.36. The second-order valence-electron chi connectivity index (χ2n) is 8.69. The van der Waals surface area contributed by atoms with E-state index in [2.05, 4.69) is 57.3 Å². The predicted molar refractivity (Wildman–Crippen MR) is 126 cm³/mol. The summed E-state index contributed by atoms with van der Waals surface area (Å²) in [4.78, 5) is 4.93. The maximum absolute atomic E-state index is 4.93. The SMILES string of the molecule is CCNC(=NCC(C)(C)C1CCCC1)NC(C)Cc1c(C)nn(C)c1C.I. The third-order valence-electron chi connectivity index (χ3n) is 6.00. The maximum atomic E-state index is 4.93. The third kappa shape index (κ3) is 6.64. The number of hydrogen-bond acceptors (Lipinski definition) is 2. The van der Waals surface area contributed by atoms with Crippen LogP contribution in [0.2, 0.25) is 0 Å². The van der Waals surface area contributed by atoms with E-state index < -0.39 is 0 Å². The zero-order valence-corrected chi connectivity index (χ0v) is 20.7. The molecule has 1 heterocycles. The summed E-state index contributed by atoms with van der Waals surface area (Å²) in [5.41, 5.74) is 4.00. The van der Waals surface area contributed by atoms with Crippen LogP contribution in [0.3, 0.4) is 0 Å². The summed E-state index contributed by atoms with van der Waals surface area (Å²) >= 11 is 0. The fraction of sp³-hybridized carbons (Fsp3) is 0.810. The number of aromatic nitrogens is 2. The number of nitrogens with zero attached hydrogens (tertiary/aromatic N) is 3. The quantitative estimate of drug-likeness (QED) is 0.340. The standard InChI is InChI=1S/C21H39N5.HI/c1-8-22-20(23-14-21(5,6)18-11-9-10-12-18)24-15(2)13-19-16(3)25-26(7)17(19)4;/h15,18H,8-14H2,1-7H3,(H2,22,23,24);1H. The first kappa shape index (κ1) is 24.2. The molecule has 0 aromatic carbocycles. The zero-order valence-electron chi connectivity index (χ0n) is 18.4. The van der Waals surface area contributed by atoms with Crippen molar-refractivity contribution in [3.63, 3.8) is 0 Å². The van der Waals surface area contributed by atoms with Crippen LogP contribution in [-0.2, 0) is 13.5 Å². The molecule has 0 aliphatic heterocycles. The van der Waals surface area contributed by atoms with Crippen LogP contribution in [0.25, 0.3) is 0 Å². The van der Waals surface area contributed by atoms with E-state index >= 15 is 0 Å². The van der Waals surface area contributed by atoms with Crippen LogP contribution in [-0.4, -0.2) is 34.9 Å². The molecule has 1 aliphatic carbocycles. The Kier molecular flexibility index (Phi) is 9.58. The topological polar surface area (TPSA) is 54.2 Å². The fourth-order valence-electron chi connectivity index (χ4n) is 4.14. The van der Waals surface area contributed by atoms with Crippen molar-refractivity contribution >= 4 is 29.9 Å². The largest absolute Gasteiger partial charge is 0.357 e. The summed E-state index contributed by atoms with van der Waals surface area (Å²) in [5.74, 6) is 1.75. The average molecular weight is 489 g/mol. The van der Waals surface area contributed by atoms with E-state index in [9.17, 15) is 0 Å². The first-order chi connectivity index (χ1) is 12.2. The molecule has 2 N–H and O–H groups in total. The molecule has 2 rings (SSSR count). The molecule has 0 amide bonds. The lowest BCUT2D eigenvalue weighted by atomic mass is 9.78. The molecule has 5 nitrogen and oxygen atoms in total. The molecule has 1 fully saturated rings. The third-order valence-corrected chi connectivity index (χ3v) is 6.00. The van der Waals surface area contributed by atoms with Gasteiger partial charge in [0.25, 0.3) is 0 Å². The highest BCUT2D eigenvalue weighted by Crippen LogP contribution is 2.39. The normalized spacial score (nSPS) is 16.9. The van der Waals surface area contributed by atoms with Crippen LogP contribution >= 0.6 is 24.0 Å². The van der Waals surface area contributed by atoms with E-state index in [1.54, 1.807) is 0 Å². The van der Waals surface area contributed by atoms with Gasteiger partial charge in [-0.2, -0.15) is 5.10 Å². The molecule has 1 aromatic heterocycles. The minimum Gasteiger partial charge on any atom is -0.357 e. The van der Waals surface area contributed by atoms with Gasteiger partial charge in [-0.25, -0.2) is 0 Å². The Bertz CT molecular complexity index is 614. The van der Waals surface area contributed by atoms with E-state index in [0.717, 1.165) is 37.1 Å². The summed E-state index contributed by atoms with van der Waals surface area (Å²) in [6.45, 7) is 15.1. The monoisotopic (exact) mass is 489 g/mol. The van der Waals surface area contributed by atoms with Crippen molar-refractivity contribution in [1.82, 2.24) is 20.4 Å². The van der Waals surface area contributed by atoms with Gasteiger partial charge in [0.15, 0.2) is 5.96 Å². The van der Waals surface area contributed by atoms with Crippen LogP contribution in [0.1, 0.15) is 70.3 Å². The molecule has 1 aromatic rings. The van der Waals surface area contributed by atoms with Crippen molar-refractivity contribution in [1.29, 1.82) is 0 Å². The number of guanidine groups is 1. The second-order valence-corrected chi connectivity index (χ2v) is 8.69. The molecular formula is C21H40IN5. The Balaban J connectivity index is 0.00000364. The van der Waals surface area contributed by atoms with Crippen molar-refractivity contribution < 1.29 is 0 Å². The first-order valence-corrected chi connectivity index (χ1v) is 10.3. The Labute approximate surface area is 183 Å². The van der Waals surface area contributed by atoms with Crippen LogP contribution < -0.4 is 10.6 Å². The van der Waals surface area contributed by atoms with Crippen LogP contribution in [0.15, 0.2) is 4.99 Å². The van der Waals surface area contributed by atoms with Gasteiger partial charge in [-0.05, 0) is 63.9 Å². The highest BCUT2D eigenvalue weighted by Gasteiger charge is 2.31. The summed E-state index contributed by atoms with van der Waals surface area (Å²) < 4.78 is 1.97. The minimum atomic E-state index is 0. The molecule has 0 bridgehead atoms. The van der Waals surface area contributed by atoms with E-state index in [-0.39, 0.29) is 29.4 Å². The van der Waals surface area contributed by atoms with Crippen molar-refractivity contribution in [3.05, 3.63) is 17.0 Å². The van der Waals surface area contributed by atoms with Gasteiger partial charge in [0.2, 0.25) is 0 Å². The van der Waals surface area contributed by atoms with Crippen LogP contribution in [0, 0.1) is 25.2 Å². The smallest absolute Gasteiger partial charge is 0.191 e. The van der Waals surface area contributed by atoms with Gasteiger partial charge < -0.3 is 10.6 Å². The average Bonchev–Trinajstić information content (AvgIpc) is 3.19. The van der Waals surface area contributed by atoms with Gasteiger partial charge in [-0.15, -0.1) is 24.0 Å². The van der Waals surface area contributed by atoms with Crippen molar-refractivity contribution in [2.75, 3.05) is 13.1 Å². The number of rotatable bonds is 7. The van der Waals surface area contributed by atoms with E-state index in [4.69, 9.17) is 4.99 Å². The molecular weight excluding hydrogens is 449 g/mol. The lowest BCUT2D eigenvalue weighted by molar-refractivity contribution is 0.227. The van der Waals surface area contributed by atoms with Gasteiger partial charge >= 0.3 is 0 Å². The summed E-state index contributed by atoms with van der Waals surface area (Å²) in [5, 5.41) is 11.5. The molecule has 1 aliphatic rings. The number of aryl methyl sites for hydroxylation is 2. The Morgan fingerprint density at radius 2 is 1.93 bits per heavy atom. The highest BCUT2D eigenvalue weighted by molar-refractivity contribution is 14.0. The van der Waals surface area contributed by atoms with Crippen molar-refractivity contribution in [2.24, 2.45) is 23.4 Å². The van der Waals surface area contributed by atoms with Crippen molar-refractivity contribution in [2.45, 2.75) is 79.7 Å². The molecule has 1 saturated carbocycles. The summed E-state index contributed by atoms with van der Waals surface area (Å²) in [7, 11) is 2.01. The molecule has 0 spiro atoms. The fourth-order valence-corrected chi connectivity index (χ4v) is 4.14. The number of nitrogens with one attached hydrogen (secondary N) is 2. The van der Waals surface area contributed by atoms with Gasteiger partial charge in [0, 0.05) is 31.9 Å². The second kappa shape index (κ2) is 10.7. The van der Waals surface area contributed by atoms with Gasteiger partial charge in [-0.1, -0.05) is 26.7 Å².